The number of aromatic nitrogens is 2. The first kappa shape index (κ1) is 21.7. The van der Waals surface area contributed by atoms with Crippen LogP contribution in [0, 0.1) is 18.7 Å². The summed E-state index contributed by atoms with van der Waals surface area (Å²) in [4.78, 5) is 27.6. The maximum Gasteiger partial charge on any atom is 0.274 e. The van der Waals surface area contributed by atoms with Crippen LogP contribution in [0.5, 0.6) is 0 Å². The normalized spacial score (nSPS) is 16.1. The number of carbonyl (C=O) groups is 2. The smallest absolute Gasteiger partial charge is 0.274 e. The molecule has 0 saturated carbocycles. The molecule has 0 unspecified atom stereocenters. The van der Waals surface area contributed by atoms with E-state index in [-0.39, 0.29) is 23.5 Å². The van der Waals surface area contributed by atoms with Gasteiger partial charge >= 0.3 is 0 Å². The van der Waals surface area contributed by atoms with Gasteiger partial charge in [0.15, 0.2) is 5.69 Å². The monoisotopic (exact) mass is 434 g/mol. The topological polar surface area (TPSA) is 78.1 Å². The van der Waals surface area contributed by atoms with Crippen LogP contribution >= 0.6 is 0 Å². The lowest BCUT2D eigenvalue weighted by Gasteiger charge is -2.31. The van der Waals surface area contributed by atoms with Crippen molar-refractivity contribution in [3.8, 4) is 11.1 Å². The average molecular weight is 435 g/mol. The molecule has 1 atom stereocenters. The molecule has 0 spiro atoms. The standard InChI is InChI=1S/C25H27FN4O2/c1-3-22-16(2)23(29-28-22)25(32)30-13-5-7-19(15-30)24(31)27-21-11-9-17(10-12-21)18-6-4-8-20(26)14-18/h4,6,8-12,14,19H,3,5,7,13,15H2,1-2H3,(H,27,31)(H,28,29)/t19-/m0/s1. The molecule has 2 heterocycles. The van der Waals surface area contributed by atoms with Crippen molar-refractivity contribution in [3.63, 3.8) is 0 Å². The maximum absolute atomic E-state index is 13.5. The highest BCUT2D eigenvalue weighted by Crippen LogP contribution is 2.24. The van der Waals surface area contributed by atoms with Crippen molar-refractivity contribution < 1.29 is 14.0 Å². The number of likely N-dealkylation sites (tertiary alicyclic amines) is 1. The van der Waals surface area contributed by atoms with Crippen molar-refractivity contribution in [1.82, 2.24) is 15.1 Å². The molecule has 0 bridgehead atoms. The molecular formula is C25H27FN4O2. The summed E-state index contributed by atoms with van der Waals surface area (Å²) < 4.78 is 13.5. The first-order valence-corrected chi connectivity index (χ1v) is 11.0. The van der Waals surface area contributed by atoms with E-state index in [2.05, 4.69) is 15.5 Å². The second-order valence-electron chi connectivity index (χ2n) is 8.20. The minimum absolute atomic E-state index is 0.103. The molecule has 0 aliphatic carbocycles. The number of carbonyl (C=O) groups excluding carboxylic acids is 2. The highest BCUT2D eigenvalue weighted by molar-refractivity contribution is 5.96. The van der Waals surface area contributed by atoms with Gasteiger partial charge in [-0.2, -0.15) is 5.10 Å². The first-order valence-electron chi connectivity index (χ1n) is 11.0. The zero-order chi connectivity index (χ0) is 22.7. The summed E-state index contributed by atoms with van der Waals surface area (Å²) >= 11 is 0. The fourth-order valence-corrected chi connectivity index (χ4v) is 4.17. The van der Waals surface area contributed by atoms with Gasteiger partial charge in [-0.1, -0.05) is 31.2 Å². The Bertz CT molecular complexity index is 1120. The van der Waals surface area contributed by atoms with Gasteiger partial charge in [0, 0.05) is 30.0 Å². The van der Waals surface area contributed by atoms with Crippen LogP contribution in [0.4, 0.5) is 10.1 Å². The Hall–Kier alpha value is -3.48. The number of rotatable bonds is 5. The summed E-state index contributed by atoms with van der Waals surface area (Å²) in [5.74, 6) is -0.794. The van der Waals surface area contributed by atoms with Crippen molar-refractivity contribution in [1.29, 1.82) is 0 Å². The third kappa shape index (κ3) is 4.56. The van der Waals surface area contributed by atoms with Crippen LogP contribution in [0.15, 0.2) is 48.5 Å². The van der Waals surface area contributed by atoms with E-state index in [4.69, 9.17) is 0 Å². The number of hydrogen-bond acceptors (Lipinski definition) is 3. The average Bonchev–Trinajstić information content (AvgIpc) is 3.19. The van der Waals surface area contributed by atoms with E-state index in [1.807, 2.05) is 44.2 Å². The molecule has 3 aromatic rings. The minimum Gasteiger partial charge on any atom is -0.336 e. The molecule has 2 N–H and O–H groups in total. The summed E-state index contributed by atoms with van der Waals surface area (Å²) in [5.41, 5.74) is 4.61. The summed E-state index contributed by atoms with van der Waals surface area (Å²) in [6, 6.07) is 13.7. The predicted octanol–water partition coefficient (Wildman–Crippen LogP) is 4.58. The van der Waals surface area contributed by atoms with E-state index >= 15 is 0 Å². The van der Waals surface area contributed by atoms with E-state index < -0.39 is 0 Å². The molecule has 1 saturated heterocycles. The fraction of sp³-hybridized carbons (Fsp3) is 0.320. The van der Waals surface area contributed by atoms with Crippen LogP contribution in [0.25, 0.3) is 11.1 Å². The van der Waals surface area contributed by atoms with Crippen LogP contribution < -0.4 is 5.32 Å². The highest BCUT2D eigenvalue weighted by atomic mass is 19.1. The number of anilines is 1. The number of aromatic amines is 1. The van der Waals surface area contributed by atoms with E-state index in [1.165, 1.54) is 12.1 Å². The Morgan fingerprint density at radius 1 is 1.19 bits per heavy atom. The Balaban J connectivity index is 1.40. The lowest BCUT2D eigenvalue weighted by molar-refractivity contribution is -0.121. The van der Waals surface area contributed by atoms with Crippen molar-refractivity contribution in [3.05, 3.63) is 71.3 Å². The molecule has 4 rings (SSSR count). The summed E-state index contributed by atoms with van der Waals surface area (Å²) in [7, 11) is 0. The van der Waals surface area contributed by atoms with Crippen LogP contribution in [0.1, 0.15) is 41.5 Å². The number of aryl methyl sites for hydroxylation is 1. The lowest BCUT2D eigenvalue weighted by Crippen LogP contribution is -2.44. The highest BCUT2D eigenvalue weighted by Gasteiger charge is 2.30. The second kappa shape index (κ2) is 9.34. The Morgan fingerprint density at radius 2 is 1.97 bits per heavy atom. The number of hydrogen-bond donors (Lipinski definition) is 2. The van der Waals surface area contributed by atoms with E-state index in [0.717, 1.165) is 41.6 Å². The van der Waals surface area contributed by atoms with Gasteiger partial charge in [0.05, 0.1) is 5.92 Å². The molecule has 7 heteroatoms. The minimum atomic E-state index is -0.285. The van der Waals surface area contributed by atoms with E-state index in [0.29, 0.717) is 24.5 Å². The molecule has 166 valence electrons. The number of nitrogens with zero attached hydrogens (tertiary/aromatic N) is 2. The van der Waals surface area contributed by atoms with Gasteiger partial charge in [0.1, 0.15) is 5.82 Å². The molecular weight excluding hydrogens is 407 g/mol. The van der Waals surface area contributed by atoms with Crippen LogP contribution in [0.3, 0.4) is 0 Å². The Morgan fingerprint density at radius 3 is 2.66 bits per heavy atom. The van der Waals surface area contributed by atoms with Crippen LogP contribution in [-0.2, 0) is 11.2 Å². The Kier molecular flexibility index (Phi) is 6.35. The molecule has 2 amide bonds. The summed E-state index contributed by atoms with van der Waals surface area (Å²) in [5, 5.41) is 10.1. The molecule has 32 heavy (non-hydrogen) atoms. The van der Waals surface area contributed by atoms with Gasteiger partial charge in [0.2, 0.25) is 5.91 Å². The third-order valence-corrected chi connectivity index (χ3v) is 6.06. The number of nitrogens with one attached hydrogen (secondary N) is 2. The molecule has 0 radical (unpaired) electrons. The van der Waals surface area contributed by atoms with Crippen molar-refractivity contribution >= 4 is 17.5 Å². The SMILES string of the molecule is CCc1[nH]nc(C(=O)N2CCC[C@H](C(=O)Nc3ccc(-c4cccc(F)c4)cc3)C2)c1C. The summed E-state index contributed by atoms with van der Waals surface area (Å²) in [6.45, 7) is 4.91. The predicted molar refractivity (Wildman–Crippen MR) is 122 cm³/mol. The fourth-order valence-electron chi connectivity index (χ4n) is 4.17. The lowest BCUT2D eigenvalue weighted by atomic mass is 9.96. The van der Waals surface area contributed by atoms with E-state index in [1.54, 1.807) is 11.0 Å². The zero-order valence-corrected chi connectivity index (χ0v) is 18.3. The van der Waals surface area contributed by atoms with Crippen LogP contribution in [0.2, 0.25) is 0 Å². The molecule has 6 nitrogen and oxygen atoms in total. The maximum atomic E-state index is 13.5. The van der Waals surface area contributed by atoms with Crippen molar-refractivity contribution in [2.75, 3.05) is 18.4 Å². The van der Waals surface area contributed by atoms with Gasteiger partial charge in [-0.15, -0.1) is 0 Å². The quantitative estimate of drug-likeness (QED) is 0.617. The first-order chi connectivity index (χ1) is 15.5. The largest absolute Gasteiger partial charge is 0.336 e. The van der Waals surface area contributed by atoms with Gasteiger partial charge in [0.25, 0.3) is 5.91 Å². The molecule has 1 aliphatic heterocycles. The molecule has 1 fully saturated rings. The number of piperidine rings is 1. The van der Waals surface area contributed by atoms with Crippen LogP contribution in [-0.4, -0.2) is 40.0 Å². The summed E-state index contributed by atoms with van der Waals surface area (Å²) in [6.07, 6.45) is 2.29. The number of halogens is 1. The number of benzene rings is 2. The number of amides is 2. The van der Waals surface area contributed by atoms with Gasteiger partial charge in [-0.25, -0.2) is 4.39 Å². The van der Waals surface area contributed by atoms with Gasteiger partial charge in [-0.05, 0) is 61.6 Å². The third-order valence-electron chi connectivity index (χ3n) is 6.06. The second-order valence-corrected chi connectivity index (χ2v) is 8.20. The Labute approximate surface area is 186 Å². The molecule has 1 aromatic heterocycles. The number of H-pyrrole nitrogens is 1. The molecule has 1 aliphatic rings. The van der Waals surface area contributed by atoms with Gasteiger partial charge in [-0.3, -0.25) is 14.7 Å². The van der Waals surface area contributed by atoms with Gasteiger partial charge < -0.3 is 10.2 Å². The van der Waals surface area contributed by atoms with Crippen molar-refractivity contribution in [2.24, 2.45) is 5.92 Å². The molecule has 2 aromatic carbocycles. The zero-order valence-electron chi connectivity index (χ0n) is 18.3. The van der Waals surface area contributed by atoms with Crippen molar-refractivity contribution in [2.45, 2.75) is 33.1 Å². The van der Waals surface area contributed by atoms with E-state index in [9.17, 15) is 14.0 Å².